The highest BCUT2D eigenvalue weighted by Gasteiger charge is 2.45. The van der Waals surface area contributed by atoms with E-state index in [4.69, 9.17) is 21.1 Å². The molecule has 0 saturated heterocycles. The second kappa shape index (κ2) is 12.2. The lowest BCUT2D eigenvalue weighted by atomic mass is 9.68. The van der Waals surface area contributed by atoms with E-state index in [2.05, 4.69) is 21.8 Å². The summed E-state index contributed by atoms with van der Waals surface area (Å²) in [4.78, 5) is 28.2. The zero-order valence-electron chi connectivity index (χ0n) is 26.5. The predicted octanol–water partition coefficient (Wildman–Crippen LogP) is 6.21. The number of carbonyl (C=O) groups excluding carboxylic acids is 2. The molecule has 1 spiro atoms. The zero-order chi connectivity index (χ0) is 32.2. The fourth-order valence-corrected chi connectivity index (χ4v) is 9.98. The molecule has 2 aromatic carbocycles. The molecule has 8 nitrogen and oxygen atoms in total. The van der Waals surface area contributed by atoms with E-state index >= 15 is 0 Å². The predicted molar refractivity (Wildman–Crippen MR) is 178 cm³/mol. The third kappa shape index (κ3) is 6.05. The largest absolute Gasteiger partial charge is 0.490 e. The van der Waals surface area contributed by atoms with Crippen LogP contribution in [0.2, 0.25) is 5.02 Å². The number of fused-ring (bicyclic) bond motifs is 4. The van der Waals surface area contributed by atoms with Gasteiger partial charge >= 0.3 is 5.97 Å². The van der Waals surface area contributed by atoms with Crippen LogP contribution in [0.4, 0.5) is 5.69 Å². The lowest BCUT2D eigenvalue weighted by molar-refractivity contribution is -0.149. The molecule has 2 saturated carbocycles. The van der Waals surface area contributed by atoms with Gasteiger partial charge in [-0.3, -0.25) is 9.59 Å². The number of carbonyl (C=O) groups is 2. The lowest BCUT2D eigenvalue weighted by Crippen LogP contribution is -2.50. The van der Waals surface area contributed by atoms with Gasteiger partial charge in [-0.2, -0.15) is 0 Å². The number of allylic oxidation sites excluding steroid dienone is 1. The quantitative estimate of drug-likeness (QED) is 0.301. The number of halogens is 1. The van der Waals surface area contributed by atoms with Gasteiger partial charge in [0.15, 0.2) is 0 Å². The average molecular weight is 667 g/mol. The third-order valence-corrected chi connectivity index (χ3v) is 13.3. The van der Waals surface area contributed by atoms with Gasteiger partial charge in [-0.05, 0) is 124 Å². The number of hydrogen-bond acceptors (Lipinski definition) is 7. The molecule has 10 heteroatoms. The van der Waals surface area contributed by atoms with Crippen LogP contribution in [-0.2, 0) is 31.4 Å². The number of hydrogen-bond donors (Lipinski definition) is 1. The molecule has 0 radical (unpaired) electrons. The molecule has 1 unspecified atom stereocenters. The molecule has 0 aromatic heterocycles. The van der Waals surface area contributed by atoms with E-state index in [1.807, 2.05) is 18.2 Å². The molecule has 1 N–H and O–H groups in total. The van der Waals surface area contributed by atoms with Crippen LogP contribution >= 0.6 is 11.6 Å². The Bertz CT molecular complexity index is 1670. The van der Waals surface area contributed by atoms with Crippen LogP contribution in [0, 0.1) is 23.7 Å². The smallest absolute Gasteiger partial charge is 0.303 e. The van der Waals surface area contributed by atoms with Gasteiger partial charge in [0.05, 0.1) is 17.5 Å². The number of nitrogens with one attached hydrogen (secondary N) is 1. The summed E-state index contributed by atoms with van der Waals surface area (Å²) in [6.45, 7) is 5.00. The van der Waals surface area contributed by atoms with Gasteiger partial charge < -0.3 is 14.4 Å². The summed E-state index contributed by atoms with van der Waals surface area (Å²) in [5.41, 5.74) is 3.27. The van der Waals surface area contributed by atoms with Gasteiger partial charge in [0.25, 0.3) is 5.91 Å². The van der Waals surface area contributed by atoms with Crippen LogP contribution in [0.3, 0.4) is 0 Å². The van der Waals surface area contributed by atoms with Crippen molar-refractivity contribution in [1.29, 1.82) is 0 Å². The number of amides is 1. The normalized spacial score (nSPS) is 32.9. The third-order valence-electron chi connectivity index (χ3n) is 11.2. The first-order chi connectivity index (χ1) is 22.0. The highest BCUT2D eigenvalue weighted by molar-refractivity contribution is 7.90. The standard InChI is InChI=1S/C36H43ClN2O6S/c1-22-29(24-8-9-24)6-3-7-33(45-23(2)40)30-13-10-27(30)19-39-20-36(16-4-5-25-17-28(37)12-14-31(25)36)21-44-34-15-11-26(18-32(34)39)35(41)38-46(22,42)43/h3,7,11-12,14-15,17-18,22,24,27,29-30,33H,4-6,8-10,13,16,19-21H2,1-2H3,(H,38,41)/b7-3+/t22-,27+,29?,30-,33+,36+/m1/s1. The van der Waals surface area contributed by atoms with Gasteiger partial charge in [-0.25, -0.2) is 13.1 Å². The molecular formula is C36H43ClN2O6S. The van der Waals surface area contributed by atoms with Crippen LogP contribution in [0.25, 0.3) is 0 Å². The lowest BCUT2D eigenvalue weighted by Gasteiger charge is -2.46. The van der Waals surface area contributed by atoms with E-state index in [0.717, 1.165) is 55.7 Å². The summed E-state index contributed by atoms with van der Waals surface area (Å²) in [6.07, 6.45) is 11.0. The summed E-state index contributed by atoms with van der Waals surface area (Å²) >= 11 is 6.42. The number of benzene rings is 2. The van der Waals surface area contributed by atoms with Crippen LogP contribution in [-0.4, -0.2) is 51.3 Å². The Labute approximate surface area is 276 Å². The molecule has 2 aromatic rings. The molecule has 6 atom stereocenters. The van der Waals surface area contributed by atoms with Crippen LogP contribution in [0.1, 0.15) is 80.3 Å². The van der Waals surface area contributed by atoms with E-state index in [-0.39, 0.29) is 40.8 Å². The van der Waals surface area contributed by atoms with Crippen molar-refractivity contribution in [3.8, 4) is 5.75 Å². The number of anilines is 1. The second-order valence-electron chi connectivity index (χ2n) is 14.2. The van der Waals surface area contributed by atoms with E-state index < -0.39 is 21.2 Å². The van der Waals surface area contributed by atoms with Crippen LogP contribution in [0.15, 0.2) is 48.6 Å². The minimum Gasteiger partial charge on any atom is -0.490 e. The van der Waals surface area contributed by atoms with E-state index in [1.165, 1.54) is 18.1 Å². The van der Waals surface area contributed by atoms with Crippen molar-refractivity contribution >= 4 is 39.2 Å². The minimum atomic E-state index is -3.96. The van der Waals surface area contributed by atoms with Crippen molar-refractivity contribution < 1.29 is 27.5 Å². The van der Waals surface area contributed by atoms with Gasteiger partial charge in [-0.15, -0.1) is 0 Å². The number of nitrogens with zero attached hydrogens (tertiary/aromatic N) is 1. The summed E-state index contributed by atoms with van der Waals surface area (Å²) in [6, 6.07) is 11.4. The number of ether oxygens (including phenoxy) is 2. The molecule has 46 heavy (non-hydrogen) atoms. The topological polar surface area (TPSA) is 102 Å². The molecule has 2 fully saturated rings. The van der Waals surface area contributed by atoms with Crippen molar-refractivity contribution in [1.82, 2.24) is 4.72 Å². The Morgan fingerprint density at radius 3 is 2.63 bits per heavy atom. The monoisotopic (exact) mass is 666 g/mol. The van der Waals surface area contributed by atoms with Gasteiger partial charge in [-0.1, -0.05) is 23.7 Å². The van der Waals surface area contributed by atoms with E-state index in [9.17, 15) is 18.0 Å². The maximum absolute atomic E-state index is 13.6. The summed E-state index contributed by atoms with van der Waals surface area (Å²) in [5.74, 6) is 0.287. The second-order valence-corrected chi connectivity index (χ2v) is 16.7. The van der Waals surface area contributed by atoms with Crippen LogP contribution in [0.5, 0.6) is 5.75 Å². The Morgan fingerprint density at radius 1 is 1.09 bits per heavy atom. The zero-order valence-corrected chi connectivity index (χ0v) is 28.1. The molecule has 5 aliphatic rings. The number of esters is 1. The first-order valence-corrected chi connectivity index (χ1v) is 18.7. The molecule has 2 heterocycles. The number of sulfonamides is 1. The summed E-state index contributed by atoms with van der Waals surface area (Å²) in [5, 5.41) is -0.0329. The van der Waals surface area contributed by atoms with Gasteiger partial charge in [0.1, 0.15) is 11.9 Å². The first-order valence-electron chi connectivity index (χ1n) is 16.7. The van der Waals surface area contributed by atoms with Crippen molar-refractivity contribution in [3.63, 3.8) is 0 Å². The average Bonchev–Trinajstić information content (AvgIpc) is 3.84. The van der Waals surface area contributed by atoms with Gasteiger partial charge in [0, 0.05) is 41.9 Å². The highest BCUT2D eigenvalue weighted by atomic mass is 35.5. The maximum Gasteiger partial charge on any atom is 0.303 e. The SMILES string of the molecule is CC(=O)O[C@H]1/C=C/CC(C2CC2)[C@@H](C)S(=O)(=O)NC(=O)c2ccc3c(c2)N(C[C@@H]2CC[C@H]21)C[C@@]1(CCCc2cc(Cl)ccc21)CO3. The molecule has 2 bridgehead atoms. The molecule has 7 rings (SSSR count). The Morgan fingerprint density at radius 2 is 1.89 bits per heavy atom. The van der Waals surface area contributed by atoms with E-state index in [1.54, 1.807) is 25.1 Å². The summed E-state index contributed by atoms with van der Waals surface area (Å²) < 4.78 is 42.1. The Kier molecular flexibility index (Phi) is 8.37. The van der Waals surface area contributed by atoms with Crippen molar-refractivity contribution in [2.75, 3.05) is 24.6 Å². The van der Waals surface area contributed by atoms with Crippen molar-refractivity contribution in [2.45, 2.75) is 82.0 Å². The molecule has 3 aliphatic carbocycles. The van der Waals surface area contributed by atoms with Crippen molar-refractivity contribution in [2.24, 2.45) is 23.7 Å². The van der Waals surface area contributed by atoms with Crippen molar-refractivity contribution in [3.05, 3.63) is 70.3 Å². The summed E-state index contributed by atoms with van der Waals surface area (Å²) in [7, 11) is -3.96. The highest BCUT2D eigenvalue weighted by Crippen LogP contribution is 2.47. The Balaban J connectivity index is 1.30. The molecule has 2 aliphatic heterocycles. The molecular weight excluding hydrogens is 624 g/mol. The number of aryl methyl sites for hydroxylation is 1. The molecule has 246 valence electrons. The molecule has 1 amide bonds. The fourth-order valence-electron chi connectivity index (χ4n) is 8.43. The van der Waals surface area contributed by atoms with Gasteiger partial charge in [0.2, 0.25) is 10.0 Å². The van der Waals surface area contributed by atoms with E-state index in [0.29, 0.717) is 37.8 Å². The minimum absolute atomic E-state index is 0.134. The maximum atomic E-state index is 13.6. The number of rotatable bonds is 2. The van der Waals surface area contributed by atoms with Crippen LogP contribution < -0.4 is 14.4 Å². The first kappa shape index (κ1) is 31.6. The fraction of sp³-hybridized carbons (Fsp3) is 0.556. The Hall–Kier alpha value is -3.04.